The van der Waals surface area contributed by atoms with Gasteiger partial charge in [-0.3, -0.25) is 19.1 Å². The quantitative estimate of drug-likeness (QED) is 0.342. The van der Waals surface area contributed by atoms with Crippen molar-refractivity contribution < 1.29 is 41.8 Å². The summed E-state index contributed by atoms with van der Waals surface area (Å²) in [5, 5.41) is 6.63. The first-order valence-corrected chi connectivity index (χ1v) is 21.0. The van der Waals surface area contributed by atoms with Gasteiger partial charge in [0.05, 0.1) is 36.2 Å². The van der Waals surface area contributed by atoms with Gasteiger partial charge in [0.25, 0.3) is 5.91 Å². The number of allylic oxidation sites excluding steroid dienone is 1. The maximum atomic E-state index is 14.7. The fraction of sp³-hybridized carbons (Fsp3) is 0.625. The zero-order chi connectivity index (χ0) is 39.3. The molecule has 55 heavy (non-hydrogen) atoms. The molecule has 1 saturated heterocycles. The molecular formula is C40H53N5O9S. The number of carbonyl (C=O) groups is 4. The predicted octanol–water partition coefficient (Wildman–Crippen LogP) is 4.36. The molecule has 4 amide bonds. The van der Waals surface area contributed by atoms with Crippen LogP contribution in [0.4, 0.5) is 4.79 Å². The molecule has 4 heterocycles. The molecule has 14 nitrogen and oxygen atoms in total. The molecule has 3 fully saturated rings. The maximum Gasteiger partial charge on any atom is 0.407 e. The molecule has 3 aliphatic heterocycles. The van der Waals surface area contributed by atoms with Crippen molar-refractivity contribution in [2.75, 3.05) is 20.3 Å². The summed E-state index contributed by atoms with van der Waals surface area (Å²) in [5.74, 6) is -0.872. The van der Waals surface area contributed by atoms with Crippen LogP contribution >= 0.6 is 0 Å². The van der Waals surface area contributed by atoms with Crippen molar-refractivity contribution in [1.82, 2.24) is 25.2 Å². The molecule has 2 aromatic rings. The minimum absolute atomic E-state index is 0.0490. The minimum Gasteiger partial charge on any atom is -0.497 e. The zero-order valence-electron chi connectivity index (χ0n) is 32.4. The highest BCUT2D eigenvalue weighted by atomic mass is 32.2. The molecule has 3 N–H and O–H groups in total. The smallest absolute Gasteiger partial charge is 0.407 e. The normalized spacial score (nSPS) is 29.4. The molecular weight excluding hydrogens is 727 g/mol. The summed E-state index contributed by atoms with van der Waals surface area (Å²) < 4.78 is 45.4. The molecule has 0 radical (unpaired) electrons. The number of fused-ring (bicyclic) bond motifs is 5. The van der Waals surface area contributed by atoms with Gasteiger partial charge in [0.1, 0.15) is 34.7 Å². The van der Waals surface area contributed by atoms with Crippen molar-refractivity contribution in [1.29, 1.82) is 0 Å². The summed E-state index contributed by atoms with van der Waals surface area (Å²) in [5.41, 5.74) is -0.0487. The number of amides is 4. The van der Waals surface area contributed by atoms with E-state index in [-0.39, 0.29) is 31.9 Å². The van der Waals surface area contributed by atoms with Crippen molar-refractivity contribution in [2.24, 2.45) is 11.8 Å². The standard InChI is InChI=1S/C40H53N5O9S/c1-24(2)22-53-37(49)42-31-12-10-8-6-7-9-11-26-20-40(26,36(48)44-55(50,51)38(4)17-18-38)43-34(46)32-21-39(23-45(32)35(31)47)16-15-28-29-19-27(52-5)13-14-30(29)41-25(3)33(28)54-39/h9,11,13-14,19,24,26,31-32H,6-8,10,12,15-18,20-23H2,1-5H3,(H,42,49)(H,43,46)(H,44,48)/b11-9-/t26-,31+,32+,39-,40-/m1/s1. The van der Waals surface area contributed by atoms with Gasteiger partial charge in [0.15, 0.2) is 0 Å². The first-order valence-electron chi connectivity index (χ1n) is 19.5. The first kappa shape index (κ1) is 38.9. The van der Waals surface area contributed by atoms with Gasteiger partial charge < -0.3 is 29.7 Å². The molecule has 0 unspecified atom stereocenters. The van der Waals surface area contributed by atoms with Gasteiger partial charge in [0.2, 0.25) is 21.8 Å². The van der Waals surface area contributed by atoms with E-state index in [9.17, 15) is 27.6 Å². The molecule has 2 saturated carbocycles. The van der Waals surface area contributed by atoms with Gasteiger partial charge in [-0.1, -0.05) is 38.8 Å². The van der Waals surface area contributed by atoms with Gasteiger partial charge >= 0.3 is 6.09 Å². The number of pyridine rings is 1. The Balaban J connectivity index is 1.23. The number of aryl methyl sites for hydroxylation is 2. The highest BCUT2D eigenvalue weighted by Crippen LogP contribution is 2.49. The fourth-order valence-electron chi connectivity index (χ4n) is 8.22. The van der Waals surface area contributed by atoms with Crippen LogP contribution in [-0.4, -0.2) is 90.3 Å². The number of alkyl carbamates (subject to hydrolysis) is 1. The second-order valence-electron chi connectivity index (χ2n) is 16.8. The molecule has 0 bridgehead atoms. The average Bonchev–Trinajstić information content (AvgIpc) is 4.04. The maximum absolute atomic E-state index is 14.7. The second-order valence-corrected chi connectivity index (χ2v) is 19.0. The lowest BCUT2D eigenvalue weighted by molar-refractivity contribution is -0.141. The van der Waals surface area contributed by atoms with E-state index < -0.39 is 67.7 Å². The molecule has 298 valence electrons. The Morgan fingerprint density at radius 1 is 1.13 bits per heavy atom. The highest BCUT2D eigenvalue weighted by molar-refractivity contribution is 7.91. The van der Waals surface area contributed by atoms with Gasteiger partial charge in [0, 0.05) is 23.3 Å². The third-order valence-electron chi connectivity index (χ3n) is 12.0. The van der Waals surface area contributed by atoms with Crippen LogP contribution in [0.1, 0.15) is 96.2 Å². The number of nitrogens with zero attached hydrogens (tertiary/aromatic N) is 2. The van der Waals surface area contributed by atoms with Crippen LogP contribution in [0.2, 0.25) is 0 Å². The molecule has 15 heteroatoms. The lowest BCUT2D eigenvalue weighted by atomic mass is 9.87. The zero-order valence-corrected chi connectivity index (χ0v) is 33.2. The number of aromatic nitrogens is 1. The van der Waals surface area contributed by atoms with Crippen molar-refractivity contribution >= 4 is 44.7 Å². The molecule has 5 atom stereocenters. The summed E-state index contributed by atoms with van der Waals surface area (Å²) in [6, 6.07) is 3.63. The number of nitrogens with one attached hydrogen (secondary N) is 3. The van der Waals surface area contributed by atoms with Crippen LogP contribution in [0.15, 0.2) is 30.4 Å². The van der Waals surface area contributed by atoms with E-state index in [2.05, 4.69) is 15.4 Å². The lowest BCUT2D eigenvalue weighted by Gasteiger charge is -2.36. The van der Waals surface area contributed by atoms with Gasteiger partial charge in [-0.2, -0.15) is 0 Å². The van der Waals surface area contributed by atoms with Crippen LogP contribution in [-0.2, 0) is 35.6 Å². The summed E-state index contributed by atoms with van der Waals surface area (Å²) >= 11 is 0. The molecule has 1 spiro atoms. The second kappa shape index (κ2) is 14.6. The van der Waals surface area contributed by atoms with Gasteiger partial charge in [-0.05, 0) is 89.3 Å². The van der Waals surface area contributed by atoms with Gasteiger partial charge in [-0.15, -0.1) is 0 Å². The molecule has 5 aliphatic rings. The number of sulfonamides is 1. The number of rotatable bonds is 7. The van der Waals surface area contributed by atoms with E-state index in [0.717, 1.165) is 29.3 Å². The van der Waals surface area contributed by atoms with E-state index in [1.807, 2.05) is 51.1 Å². The Kier molecular flexibility index (Phi) is 10.3. The SMILES string of the molecule is COc1ccc2nc(C)c3c(c2c1)CC[C@]1(C[C@H]2C(=O)N[C@]4(C(=O)NS(=O)(=O)C5(C)CC5)C[C@H]4/C=C\CCCCC[C@H](NC(=O)OCC(C)C)C(=O)N2C1)O3. The van der Waals surface area contributed by atoms with Crippen LogP contribution in [0, 0.1) is 18.8 Å². The Morgan fingerprint density at radius 2 is 1.91 bits per heavy atom. The van der Waals surface area contributed by atoms with Crippen molar-refractivity contribution in [3.63, 3.8) is 0 Å². The average molecular weight is 780 g/mol. The number of ether oxygens (including phenoxy) is 3. The van der Waals surface area contributed by atoms with Crippen LogP contribution in [0.3, 0.4) is 0 Å². The largest absolute Gasteiger partial charge is 0.497 e. The van der Waals surface area contributed by atoms with Gasteiger partial charge in [-0.25, -0.2) is 18.2 Å². The third kappa shape index (κ3) is 7.60. The van der Waals surface area contributed by atoms with E-state index in [1.165, 1.54) is 4.90 Å². The van der Waals surface area contributed by atoms with Crippen LogP contribution in [0.25, 0.3) is 10.9 Å². The summed E-state index contributed by atoms with van der Waals surface area (Å²) in [6.07, 6.45) is 8.68. The third-order valence-corrected chi connectivity index (χ3v) is 14.2. The van der Waals surface area contributed by atoms with Crippen LogP contribution < -0.4 is 24.8 Å². The summed E-state index contributed by atoms with van der Waals surface area (Å²) in [4.78, 5) is 62.5. The van der Waals surface area contributed by atoms with E-state index in [1.54, 1.807) is 14.0 Å². The fourth-order valence-corrected chi connectivity index (χ4v) is 9.54. The van der Waals surface area contributed by atoms with E-state index in [4.69, 9.17) is 19.2 Å². The summed E-state index contributed by atoms with van der Waals surface area (Å²) in [7, 11) is -2.38. The number of hydrogen-bond donors (Lipinski definition) is 3. The minimum atomic E-state index is -3.99. The highest BCUT2D eigenvalue weighted by Gasteiger charge is 2.64. The van der Waals surface area contributed by atoms with E-state index >= 15 is 0 Å². The number of benzene rings is 1. The molecule has 7 rings (SSSR count). The predicted molar refractivity (Wildman–Crippen MR) is 204 cm³/mol. The Morgan fingerprint density at radius 3 is 2.64 bits per heavy atom. The molecule has 2 aliphatic carbocycles. The lowest BCUT2D eigenvalue weighted by Crippen LogP contribution is -2.58. The van der Waals surface area contributed by atoms with Crippen molar-refractivity contribution in [2.45, 2.75) is 126 Å². The van der Waals surface area contributed by atoms with Crippen LogP contribution in [0.5, 0.6) is 11.5 Å². The number of hydrogen-bond acceptors (Lipinski definition) is 10. The molecule has 1 aromatic carbocycles. The topological polar surface area (TPSA) is 182 Å². The monoisotopic (exact) mass is 779 g/mol. The number of methoxy groups -OCH3 is 1. The van der Waals surface area contributed by atoms with Crippen molar-refractivity contribution in [3.8, 4) is 11.5 Å². The summed E-state index contributed by atoms with van der Waals surface area (Å²) in [6.45, 7) is 7.54. The van der Waals surface area contributed by atoms with E-state index in [0.29, 0.717) is 62.1 Å². The Labute approximate surface area is 322 Å². The Hall–Kier alpha value is -4.40. The Bertz CT molecular complexity index is 2030. The first-order chi connectivity index (χ1) is 26.1. The molecule has 1 aromatic heterocycles. The van der Waals surface area contributed by atoms with Crippen molar-refractivity contribution in [3.05, 3.63) is 41.6 Å². The number of carbonyl (C=O) groups excluding carboxylic acids is 4.